The Kier molecular flexibility index (Phi) is 13.1. The molecule has 2 N–H and O–H groups in total. The number of alkyl halides is 3. The highest BCUT2D eigenvalue weighted by atomic mass is 79.9. The molecular formula is C29H36BrCl3N6O4. The third-order valence-electron chi connectivity index (χ3n) is 6.79. The van der Waals surface area contributed by atoms with Gasteiger partial charge in [-0.3, -0.25) is 0 Å². The molecule has 14 heteroatoms. The molecule has 0 amide bonds. The van der Waals surface area contributed by atoms with E-state index in [0.29, 0.717) is 21.9 Å². The van der Waals surface area contributed by atoms with E-state index < -0.39 is 35.5 Å². The zero-order valence-corrected chi connectivity index (χ0v) is 28.1. The number of aliphatic hydroxyl groups excluding tert-OH is 2. The van der Waals surface area contributed by atoms with E-state index in [1.54, 1.807) is 31.2 Å². The molecule has 0 saturated carbocycles. The van der Waals surface area contributed by atoms with Crippen LogP contribution in [0, 0.1) is 17.8 Å². The van der Waals surface area contributed by atoms with Gasteiger partial charge in [0.1, 0.15) is 49.0 Å². The zero-order chi connectivity index (χ0) is 31.6. The Hall–Kier alpha value is -2.41. The molecule has 0 aliphatic rings. The summed E-state index contributed by atoms with van der Waals surface area (Å²) in [6.07, 6.45) is 2.62. The number of para-hydroxylation sites is 1. The second kappa shape index (κ2) is 16.1. The number of hydrogen-bond donors (Lipinski definition) is 2. The summed E-state index contributed by atoms with van der Waals surface area (Å²) in [6.45, 7) is 7.61. The molecule has 2 heterocycles. The van der Waals surface area contributed by atoms with Crippen molar-refractivity contribution in [1.29, 1.82) is 0 Å². The molecule has 2 aromatic heterocycles. The molecular weight excluding hydrogens is 683 g/mol. The number of ether oxygens (including phenoxy) is 2. The van der Waals surface area contributed by atoms with Crippen LogP contribution in [0.1, 0.15) is 38.8 Å². The smallest absolute Gasteiger partial charge is 0.219 e. The van der Waals surface area contributed by atoms with E-state index >= 15 is 0 Å². The molecule has 0 saturated heterocycles. The number of rotatable bonds is 13. The fourth-order valence-electron chi connectivity index (χ4n) is 3.74. The van der Waals surface area contributed by atoms with Crippen molar-refractivity contribution in [3.63, 3.8) is 0 Å². The van der Waals surface area contributed by atoms with Gasteiger partial charge in [-0.1, -0.05) is 66.5 Å². The first-order valence-electron chi connectivity index (χ1n) is 13.3. The van der Waals surface area contributed by atoms with Crippen LogP contribution < -0.4 is 9.47 Å². The van der Waals surface area contributed by atoms with Gasteiger partial charge in [0.2, 0.25) is 12.5 Å². The summed E-state index contributed by atoms with van der Waals surface area (Å²) in [4.78, 5) is 7.84. The first-order chi connectivity index (χ1) is 20.5. The average molecular weight is 719 g/mol. The third kappa shape index (κ3) is 9.29. The number of hydrogen-bond acceptors (Lipinski definition) is 8. The summed E-state index contributed by atoms with van der Waals surface area (Å²) >= 11 is 21.3. The highest BCUT2D eigenvalue weighted by molar-refractivity contribution is 9.09. The number of aromatic nitrogens is 6. The van der Waals surface area contributed by atoms with Crippen molar-refractivity contribution in [2.75, 3.05) is 17.1 Å². The zero-order valence-electron chi connectivity index (χ0n) is 24.3. The molecule has 4 atom stereocenters. The van der Waals surface area contributed by atoms with E-state index in [1.165, 1.54) is 34.7 Å². The van der Waals surface area contributed by atoms with Crippen molar-refractivity contribution >= 4 is 50.7 Å². The molecule has 4 rings (SSSR count). The normalized spacial score (nSPS) is 14.7. The van der Waals surface area contributed by atoms with Gasteiger partial charge in [0.25, 0.3) is 0 Å². The maximum Gasteiger partial charge on any atom is 0.219 e. The number of aliphatic hydroxyl groups is 2. The lowest BCUT2D eigenvalue weighted by atomic mass is 9.87. The van der Waals surface area contributed by atoms with Crippen molar-refractivity contribution in [3.05, 3.63) is 84.4 Å². The van der Waals surface area contributed by atoms with E-state index in [4.69, 9.17) is 44.3 Å². The van der Waals surface area contributed by atoms with Gasteiger partial charge in [0, 0.05) is 32.9 Å². The standard InChI is InChI=1S/C15H19BrClN3O2.C14H17Cl2N3O2/c1-10-6-11(17)4-5-12(10)22-14(20-9-18-8-19-20)13(21)15(2,3)7-16;1-14(7-15,8-16)12(20)13(19-10-17-9-18-19)21-11-5-3-2-4-6-11/h4-6,8-9,13-14,21H,7H2,1-3H3;2-6,9-10,12-13,20H,7-8H2,1H3. The number of halogens is 4. The number of aryl methyl sites for hydroxylation is 1. The van der Waals surface area contributed by atoms with Crippen LogP contribution >= 0.6 is 50.7 Å². The minimum atomic E-state index is -0.950. The van der Waals surface area contributed by atoms with Gasteiger partial charge in [0.05, 0.1) is 0 Å². The highest BCUT2D eigenvalue weighted by Crippen LogP contribution is 2.35. The Balaban J connectivity index is 0.000000236. The summed E-state index contributed by atoms with van der Waals surface area (Å²) in [6, 6.07) is 14.5. The van der Waals surface area contributed by atoms with Gasteiger partial charge in [-0.05, 0) is 42.8 Å². The Labute approximate surface area is 275 Å². The fourth-order valence-corrected chi connectivity index (χ4v) is 4.90. The fraction of sp³-hybridized carbons (Fsp3) is 0.448. The van der Waals surface area contributed by atoms with Crippen LogP contribution in [0.25, 0.3) is 0 Å². The van der Waals surface area contributed by atoms with Gasteiger partial charge >= 0.3 is 0 Å². The minimum Gasteiger partial charge on any atom is -0.466 e. The summed E-state index contributed by atoms with van der Waals surface area (Å²) in [5, 5.41) is 30.8. The lowest BCUT2D eigenvalue weighted by molar-refractivity contribution is -0.0713. The number of benzene rings is 2. The molecule has 0 aliphatic heterocycles. The summed E-state index contributed by atoms with van der Waals surface area (Å²) < 4.78 is 14.9. The molecule has 2 aromatic carbocycles. The lowest BCUT2D eigenvalue weighted by Gasteiger charge is -2.35. The molecule has 0 radical (unpaired) electrons. The van der Waals surface area contributed by atoms with Crippen molar-refractivity contribution in [2.45, 2.75) is 52.4 Å². The van der Waals surface area contributed by atoms with Gasteiger partial charge in [-0.15, -0.1) is 23.2 Å². The van der Waals surface area contributed by atoms with Crippen molar-refractivity contribution in [1.82, 2.24) is 29.5 Å². The van der Waals surface area contributed by atoms with Crippen LogP contribution in [0.3, 0.4) is 0 Å². The van der Waals surface area contributed by atoms with E-state index in [-0.39, 0.29) is 11.8 Å². The Morgan fingerprint density at radius 1 is 0.860 bits per heavy atom. The van der Waals surface area contributed by atoms with Crippen LogP contribution in [0.5, 0.6) is 11.5 Å². The quantitative estimate of drug-likeness (QED) is 0.155. The van der Waals surface area contributed by atoms with Gasteiger partial charge < -0.3 is 19.7 Å². The van der Waals surface area contributed by atoms with Gasteiger partial charge in [-0.25, -0.2) is 19.3 Å². The molecule has 10 nitrogen and oxygen atoms in total. The van der Waals surface area contributed by atoms with Crippen molar-refractivity contribution < 1.29 is 19.7 Å². The predicted octanol–water partition coefficient (Wildman–Crippen LogP) is 6.30. The van der Waals surface area contributed by atoms with E-state index in [9.17, 15) is 10.2 Å². The van der Waals surface area contributed by atoms with E-state index in [0.717, 1.165) is 5.56 Å². The van der Waals surface area contributed by atoms with Crippen LogP contribution in [0.2, 0.25) is 5.02 Å². The van der Waals surface area contributed by atoms with Gasteiger partial charge in [0.15, 0.2) is 0 Å². The summed E-state index contributed by atoms with van der Waals surface area (Å²) in [5.74, 6) is 1.65. The molecule has 0 fully saturated rings. The highest BCUT2D eigenvalue weighted by Gasteiger charge is 2.40. The molecule has 43 heavy (non-hydrogen) atoms. The minimum absolute atomic E-state index is 0.195. The third-order valence-corrected chi connectivity index (χ3v) is 9.69. The second-order valence-electron chi connectivity index (χ2n) is 10.9. The number of nitrogens with zero attached hydrogens (tertiary/aromatic N) is 6. The largest absolute Gasteiger partial charge is 0.466 e. The van der Waals surface area contributed by atoms with Crippen LogP contribution in [-0.4, -0.2) is 69.0 Å². The second-order valence-corrected chi connectivity index (χ2v) is 12.5. The monoisotopic (exact) mass is 716 g/mol. The summed E-state index contributed by atoms with van der Waals surface area (Å²) in [5.41, 5.74) is -0.229. The lowest BCUT2D eigenvalue weighted by Crippen LogP contribution is -2.44. The van der Waals surface area contributed by atoms with Crippen LogP contribution in [-0.2, 0) is 0 Å². The van der Waals surface area contributed by atoms with Gasteiger partial charge in [-0.2, -0.15) is 10.2 Å². The Morgan fingerprint density at radius 3 is 1.88 bits per heavy atom. The Morgan fingerprint density at radius 2 is 1.42 bits per heavy atom. The molecule has 4 aromatic rings. The first-order valence-corrected chi connectivity index (χ1v) is 15.9. The molecule has 0 bridgehead atoms. The SMILES string of the molecule is CC(CCl)(CCl)C(O)C(Oc1ccccc1)n1cncn1.Cc1cc(Cl)ccc1OC(C(O)C(C)(C)CBr)n1cncn1. The maximum absolute atomic E-state index is 10.7. The maximum atomic E-state index is 10.7. The molecule has 4 unspecified atom stereocenters. The first kappa shape index (κ1) is 35.1. The van der Waals surface area contributed by atoms with E-state index in [1.807, 2.05) is 45.0 Å². The molecule has 0 aliphatic carbocycles. The van der Waals surface area contributed by atoms with E-state index in [2.05, 4.69) is 36.1 Å². The Bertz CT molecular complexity index is 1360. The average Bonchev–Trinajstić information content (AvgIpc) is 3.75. The topological polar surface area (TPSA) is 120 Å². The predicted molar refractivity (Wildman–Crippen MR) is 171 cm³/mol. The van der Waals surface area contributed by atoms with Crippen LogP contribution in [0.4, 0.5) is 0 Å². The van der Waals surface area contributed by atoms with Crippen molar-refractivity contribution in [2.24, 2.45) is 10.8 Å². The van der Waals surface area contributed by atoms with Crippen molar-refractivity contribution in [3.8, 4) is 11.5 Å². The molecule has 0 spiro atoms. The molecule has 234 valence electrons. The summed E-state index contributed by atoms with van der Waals surface area (Å²) in [7, 11) is 0. The van der Waals surface area contributed by atoms with Crippen LogP contribution in [0.15, 0.2) is 73.8 Å².